The molecule has 0 aliphatic carbocycles. The third-order valence-corrected chi connectivity index (χ3v) is 3.16. The van der Waals surface area contributed by atoms with Gasteiger partial charge in [-0.2, -0.15) is 0 Å². The number of amides is 1. The molecule has 0 aliphatic heterocycles. The summed E-state index contributed by atoms with van der Waals surface area (Å²) in [4.78, 5) is 13.9. The molecule has 0 unspecified atom stereocenters. The Labute approximate surface area is 117 Å². The Balaban J connectivity index is 2.52. The molecule has 0 spiro atoms. The highest BCUT2D eigenvalue weighted by Crippen LogP contribution is 2.17. The fourth-order valence-corrected chi connectivity index (χ4v) is 1.66. The van der Waals surface area contributed by atoms with Crippen molar-refractivity contribution in [3.8, 4) is 0 Å². The zero-order valence-electron chi connectivity index (χ0n) is 12.0. The summed E-state index contributed by atoms with van der Waals surface area (Å²) in [5.41, 5.74) is 4.56. The van der Waals surface area contributed by atoms with E-state index in [1.54, 1.807) is 0 Å². The highest BCUT2D eigenvalue weighted by Gasteiger charge is 2.15. The van der Waals surface area contributed by atoms with Crippen LogP contribution >= 0.6 is 0 Å². The van der Waals surface area contributed by atoms with Crippen LogP contribution in [-0.4, -0.2) is 37.0 Å². The van der Waals surface area contributed by atoms with Crippen LogP contribution in [0.5, 0.6) is 0 Å². The molecule has 20 heavy (non-hydrogen) atoms. The third-order valence-electron chi connectivity index (χ3n) is 3.16. The summed E-state index contributed by atoms with van der Waals surface area (Å²) in [6.07, 6.45) is 0.729. The highest BCUT2D eigenvalue weighted by molar-refractivity contribution is 5.95. The Kier molecular flexibility index (Phi) is 5.88. The van der Waals surface area contributed by atoms with Gasteiger partial charge in [0, 0.05) is 12.6 Å². The number of nitrogens with one attached hydrogen (secondary N) is 1. The number of halogens is 2. The van der Waals surface area contributed by atoms with E-state index in [1.165, 1.54) is 0 Å². The lowest BCUT2D eigenvalue weighted by Gasteiger charge is -2.20. The van der Waals surface area contributed by atoms with Crippen LogP contribution in [0.15, 0.2) is 12.1 Å². The van der Waals surface area contributed by atoms with E-state index < -0.39 is 17.5 Å². The minimum absolute atomic E-state index is 0.361. The molecule has 0 atom stereocenters. The van der Waals surface area contributed by atoms with Crippen molar-refractivity contribution in [2.75, 3.05) is 25.9 Å². The number of hydrogen-bond acceptors (Lipinski definition) is 3. The lowest BCUT2D eigenvalue weighted by molar-refractivity contribution is 0.0947. The lowest BCUT2D eigenvalue weighted by Crippen LogP contribution is -2.31. The number of anilines is 1. The normalized spacial score (nSPS) is 11.2. The van der Waals surface area contributed by atoms with Crippen LogP contribution in [0.4, 0.5) is 14.5 Å². The molecule has 6 heteroatoms. The van der Waals surface area contributed by atoms with Crippen LogP contribution in [0.1, 0.15) is 30.6 Å². The molecule has 0 saturated carbocycles. The predicted molar refractivity (Wildman–Crippen MR) is 75.5 cm³/mol. The van der Waals surface area contributed by atoms with Gasteiger partial charge in [-0.15, -0.1) is 0 Å². The number of hydrogen-bond donors (Lipinski definition) is 2. The smallest absolute Gasteiger partial charge is 0.254 e. The SMILES string of the molecule is CC(C)N(C)CCCNC(=O)c1cc(F)cc(N)c1F. The fraction of sp³-hybridized carbons (Fsp3) is 0.500. The Morgan fingerprint density at radius 1 is 1.40 bits per heavy atom. The Bertz CT molecular complexity index is 478. The summed E-state index contributed by atoms with van der Waals surface area (Å²) in [6.45, 7) is 5.35. The second-order valence-electron chi connectivity index (χ2n) is 5.04. The molecule has 0 radical (unpaired) electrons. The second-order valence-corrected chi connectivity index (χ2v) is 5.04. The first-order valence-corrected chi connectivity index (χ1v) is 6.56. The van der Waals surface area contributed by atoms with E-state index in [9.17, 15) is 13.6 Å². The summed E-state index contributed by atoms with van der Waals surface area (Å²) in [6, 6.07) is 2.12. The summed E-state index contributed by atoms with van der Waals surface area (Å²) < 4.78 is 26.7. The summed E-state index contributed by atoms with van der Waals surface area (Å²) in [7, 11) is 1.99. The number of benzene rings is 1. The molecule has 3 N–H and O–H groups in total. The minimum atomic E-state index is -0.886. The van der Waals surface area contributed by atoms with Gasteiger partial charge in [-0.25, -0.2) is 8.78 Å². The van der Waals surface area contributed by atoms with Crippen molar-refractivity contribution in [1.82, 2.24) is 10.2 Å². The number of nitrogens with two attached hydrogens (primary N) is 1. The molecule has 1 aromatic carbocycles. The standard InChI is InChI=1S/C14H21F2N3O/c1-9(2)19(3)6-4-5-18-14(20)11-7-10(15)8-12(17)13(11)16/h7-9H,4-6,17H2,1-3H3,(H,18,20). The third kappa shape index (κ3) is 4.45. The van der Waals surface area contributed by atoms with Crippen molar-refractivity contribution in [2.24, 2.45) is 0 Å². The molecular weight excluding hydrogens is 264 g/mol. The average molecular weight is 285 g/mol. The van der Waals surface area contributed by atoms with Crippen LogP contribution in [0.3, 0.4) is 0 Å². The Hall–Kier alpha value is -1.69. The van der Waals surface area contributed by atoms with E-state index in [-0.39, 0.29) is 11.3 Å². The van der Waals surface area contributed by atoms with Gasteiger partial charge in [0.1, 0.15) is 5.82 Å². The van der Waals surface area contributed by atoms with Gasteiger partial charge >= 0.3 is 0 Å². The molecule has 0 aromatic heterocycles. The van der Waals surface area contributed by atoms with E-state index in [0.29, 0.717) is 12.6 Å². The van der Waals surface area contributed by atoms with Gasteiger partial charge < -0.3 is 16.0 Å². The van der Waals surface area contributed by atoms with E-state index in [4.69, 9.17) is 5.73 Å². The van der Waals surface area contributed by atoms with Gasteiger partial charge in [0.05, 0.1) is 11.3 Å². The zero-order valence-corrected chi connectivity index (χ0v) is 12.0. The Morgan fingerprint density at radius 3 is 2.65 bits per heavy atom. The maximum Gasteiger partial charge on any atom is 0.254 e. The number of nitrogen functional groups attached to an aromatic ring is 1. The largest absolute Gasteiger partial charge is 0.396 e. The van der Waals surface area contributed by atoms with Crippen molar-refractivity contribution in [3.05, 3.63) is 29.3 Å². The maximum absolute atomic E-state index is 13.6. The first-order chi connectivity index (χ1) is 9.32. The quantitative estimate of drug-likeness (QED) is 0.621. The van der Waals surface area contributed by atoms with Gasteiger partial charge in [0.2, 0.25) is 0 Å². The molecule has 0 heterocycles. The molecule has 0 aliphatic rings. The van der Waals surface area contributed by atoms with E-state index >= 15 is 0 Å². The van der Waals surface area contributed by atoms with E-state index in [1.807, 2.05) is 7.05 Å². The molecule has 1 aromatic rings. The zero-order chi connectivity index (χ0) is 15.3. The van der Waals surface area contributed by atoms with Gasteiger partial charge in [-0.05, 0) is 46.0 Å². The molecule has 0 bridgehead atoms. The summed E-state index contributed by atoms with van der Waals surface area (Å²) >= 11 is 0. The first kappa shape index (κ1) is 16.4. The molecule has 1 rings (SSSR count). The van der Waals surface area contributed by atoms with Crippen LogP contribution in [0.2, 0.25) is 0 Å². The summed E-state index contributed by atoms with van der Waals surface area (Å²) in [5, 5.41) is 2.56. The van der Waals surface area contributed by atoms with Gasteiger partial charge in [-0.3, -0.25) is 4.79 Å². The monoisotopic (exact) mass is 285 g/mol. The topological polar surface area (TPSA) is 58.4 Å². The Morgan fingerprint density at radius 2 is 2.05 bits per heavy atom. The molecule has 4 nitrogen and oxygen atoms in total. The van der Waals surface area contributed by atoms with Gasteiger partial charge in [0.25, 0.3) is 5.91 Å². The lowest BCUT2D eigenvalue weighted by atomic mass is 10.1. The molecule has 1 amide bonds. The first-order valence-electron chi connectivity index (χ1n) is 6.56. The van der Waals surface area contributed by atoms with E-state index in [2.05, 4.69) is 24.1 Å². The van der Waals surface area contributed by atoms with Crippen LogP contribution in [0.25, 0.3) is 0 Å². The number of rotatable bonds is 6. The maximum atomic E-state index is 13.6. The van der Waals surface area contributed by atoms with E-state index in [0.717, 1.165) is 25.1 Å². The molecular formula is C14H21F2N3O. The molecule has 0 fully saturated rings. The average Bonchev–Trinajstić information content (AvgIpc) is 2.38. The van der Waals surface area contributed by atoms with Gasteiger partial charge in [0.15, 0.2) is 5.82 Å². The fourth-order valence-electron chi connectivity index (χ4n) is 1.66. The van der Waals surface area contributed by atoms with Crippen LogP contribution in [-0.2, 0) is 0 Å². The second kappa shape index (κ2) is 7.19. The van der Waals surface area contributed by atoms with Crippen molar-refractivity contribution in [3.63, 3.8) is 0 Å². The number of carbonyl (C=O) groups is 1. The minimum Gasteiger partial charge on any atom is -0.396 e. The van der Waals surface area contributed by atoms with Crippen molar-refractivity contribution in [2.45, 2.75) is 26.3 Å². The van der Waals surface area contributed by atoms with Crippen molar-refractivity contribution >= 4 is 11.6 Å². The van der Waals surface area contributed by atoms with Crippen molar-refractivity contribution < 1.29 is 13.6 Å². The van der Waals surface area contributed by atoms with Crippen LogP contribution in [0, 0.1) is 11.6 Å². The number of carbonyl (C=O) groups excluding carboxylic acids is 1. The van der Waals surface area contributed by atoms with Crippen LogP contribution < -0.4 is 11.1 Å². The summed E-state index contributed by atoms with van der Waals surface area (Å²) in [5.74, 6) is -2.27. The molecule has 0 saturated heterocycles. The van der Waals surface area contributed by atoms with Gasteiger partial charge in [-0.1, -0.05) is 0 Å². The van der Waals surface area contributed by atoms with Crippen molar-refractivity contribution in [1.29, 1.82) is 0 Å². The highest BCUT2D eigenvalue weighted by atomic mass is 19.1. The molecule has 112 valence electrons. The predicted octanol–water partition coefficient (Wildman–Crippen LogP) is 2.01. The number of nitrogens with zero attached hydrogens (tertiary/aromatic N) is 1.